The first-order valence-corrected chi connectivity index (χ1v) is 4.66. The van der Waals surface area contributed by atoms with Gasteiger partial charge in [-0.2, -0.15) is 4.80 Å². The number of nitrogens with zero attached hydrogens (tertiary/aromatic N) is 5. The average molecular weight is 204 g/mol. The van der Waals surface area contributed by atoms with Crippen LogP contribution < -0.4 is 0 Å². The van der Waals surface area contributed by atoms with Crippen molar-refractivity contribution in [1.82, 2.24) is 25.1 Å². The molecule has 0 fully saturated rings. The molecule has 0 saturated heterocycles. The van der Waals surface area contributed by atoms with Crippen LogP contribution in [0.2, 0.25) is 0 Å². The largest absolute Gasteiger partial charge is 0.295 e. The van der Waals surface area contributed by atoms with Crippen molar-refractivity contribution >= 4 is 11.6 Å². The number of aromatic nitrogens is 4. The van der Waals surface area contributed by atoms with Gasteiger partial charge in [-0.05, 0) is 19.2 Å². The highest BCUT2D eigenvalue weighted by molar-refractivity contribution is 6.18. The molecule has 74 valence electrons. The van der Waals surface area contributed by atoms with Crippen LogP contribution >= 0.6 is 11.6 Å². The molecule has 1 unspecified atom stereocenters. The zero-order chi connectivity index (χ0) is 9.84. The minimum atomic E-state index is 0.325. The molecule has 1 rings (SSSR count). The second-order valence-corrected chi connectivity index (χ2v) is 3.42. The van der Waals surface area contributed by atoms with Gasteiger partial charge in [0.1, 0.15) is 0 Å². The Balaban J connectivity index is 2.49. The highest BCUT2D eigenvalue weighted by Crippen LogP contribution is 2.01. The van der Waals surface area contributed by atoms with Crippen LogP contribution in [-0.2, 0) is 13.6 Å². The van der Waals surface area contributed by atoms with Crippen LogP contribution in [0.1, 0.15) is 12.7 Å². The Kier molecular flexibility index (Phi) is 3.62. The molecule has 1 aromatic rings. The maximum Gasteiger partial charge on any atom is 0.188 e. The van der Waals surface area contributed by atoms with E-state index < -0.39 is 0 Å². The van der Waals surface area contributed by atoms with Crippen molar-refractivity contribution in [2.45, 2.75) is 19.5 Å². The first-order valence-electron chi connectivity index (χ1n) is 4.12. The van der Waals surface area contributed by atoms with Gasteiger partial charge < -0.3 is 0 Å². The molecular formula is C7H14ClN5. The van der Waals surface area contributed by atoms with Gasteiger partial charge in [0, 0.05) is 11.9 Å². The van der Waals surface area contributed by atoms with Crippen LogP contribution in [0.15, 0.2) is 0 Å². The van der Waals surface area contributed by atoms with Crippen molar-refractivity contribution in [3.8, 4) is 0 Å². The Morgan fingerprint density at radius 2 is 2.31 bits per heavy atom. The molecule has 0 radical (unpaired) electrons. The Hall–Kier alpha value is -0.680. The van der Waals surface area contributed by atoms with Gasteiger partial charge in [-0.15, -0.1) is 21.8 Å². The topological polar surface area (TPSA) is 46.8 Å². The second kappa shape index (κ2) is 4.53. The SMILES string of the molecule is CC(CCl)N(C)Cc1nnn(C)n1. The summed E-state index contributed by atoms with van der Waals surface area (Å²) in [6.07, 6.45) is 0. The minimum absolute atomic E-state index is 0.325. The average Bonchev–Trinajstić information content (AvgIpc) is 2.49. The molecule has 0 aliphatic rings. The van der Waals surface area contributed by atoms with E-state index in [1.165, 1.54) is 4.80 Å². The van der Waals surface area contributed by atoms with Crippen molar-refractivity contribution in [2.24, 2.45) is 7.05 Å². The molecule has 1 atom stereocenters. The van der Waals surface area contributed by atoms with E-state index in [1.807, 2.05) is 7.05 Å². The van der Waals surface area contributed by atoms with Gasteiger partial charge in [-0.1, -0.05) is 0 Å². The number of rotatable bonds is 4. The molecule has 0 amide bonds. The summed E-state index contributed by atoms with van der Waals surface area (Å²) in [6.45, 7) is 2.74. The van der Waals surface area contributed by atoms with Gasteiger partial charge in [0.15, 0.2) is 5.82 Å². The fourth-order valence-electron chi connectivity index (χ4n) is 0.883. The summed E-state index contributed by atoms with van der Waals surface area (Å²) in [5.41, 5.74) is 0. The summed E-state index contributed by atoms with van der Waals surface area (Å²) >= 11 is 5.71. The molecular weight excluding hydrogens is 190 g/mol. The van der Waals surface area contributed by atoms with Gasteiger partial charge in [0.25, 0.3) is 0 Å². The van der Waals surface area contributed by atoms with Crippen LogP contribution in [0.4, 0.5) is 0 Å². The fraction of sp³-hybridized carbons (Fsp3) is 0.857. The van der Waals surface area contributed by atoms with Crippen molar-refractivity contribution in [2.75, 3.05) is 12.9 Å². The summed E-state index contributed by atoms with van der Waals surface area (Å²) < 4.78 is 0. The smallest absolute Gasteiger partial charge is 0.188 e. The van der Waals surface area contributed by atoms with Gasteiger partial charge in [0.05, 0.1) is 13.6 Å². The van der Waals surface area contributed by atoms with Gasteiger partial charge in [0.2, 0.25) is 0 Å². The number of alkyl halides is 1. The van der Waals surface area contributed by atoms with Crippen molar-refractivity contribution < 1.29 is 0 Å². The quantitative estimate of drug-likeness (QED) is 0.660. The van der Waals surface area contributed by atoms with E-state index in [0.29, 0.717) is 18.5 Å². The van der Waals surface area contributed by atoms with Crippen LogP contribution in [-0.4, -0.2) is 44.1 Å². The van der Waals surface area contributed by atoms with Gasteiger partial charge >= 0.3 is 0 Å². The van der Waals surface area contributed by atoms with Crippen LogP contribution in [0, 0.1) is 0 Å². The van der Waals surface area contributed by atoms with Crippen molar-refractivity contribution in [1.29, 1.82) is 0 Å². The zero-order valence-electron chi connectivity index (χ0n) is 8.11. The number of tetrazole rings is 1. The number of aryl methyl sites for hydroxylation is 1. The lowest BCUT2D eigenvalue weighted by Crippen LogP contribution is -2.30. The minimum Gasteiger partial charge on any atom is -0.295 e. The Labute approximate surface area is 82.7 Å². The Morgan fingerprint density at radius 3 is 2.77 bits per heavy atom. The predicted octanol–water partition coefficient (Wildman–Crippen LogP) is 0.269. The van der Waals surface area contributed by atoms with Crippen LogP contribution in [0.3, 0.4) is 0 Å². The number of halogens is 1. The van der Waals surface area contributed by atoms with Crippen molar-refractivity contribution in [3.63, 3.8) is 0 Å². The third kappa shape index (κ3) is 2.93. The summed E-state index contributed by atoms with van der Waals surface area (Å²) in [5.74, 6) is 1.33. The van der Waals surface area contributed by atoms with E-state index in [4.69, 9.17) is 11.6 Å². The third-order valence-electron chi connectivity index (χ3n) is 1.92. The Morgan fingerprint density at radius 1 is 1.62 bits per heavy atom. The van der Waals surface area contributed by atoms with Crippen LogP contribution in [0.5, 0.6) is 0 Å². The molecule has 0 N–H and O–H groups in total. The number of hydrogen-bond donors (Lipinski definition) is 0. The highest BCUT2D eigenvalue weighted by Gasteiger charge is 2.10. The molecule has 13 heavy (non-hydrogen) atoms. The lowest BCUT2D eigenvalue weighted by Gasteiger charge is -2.20. The molecule has 0 spiro atoms. The Bertz CT molecular complexity index is 261. The standard InChI is InChI=1S/C7H14ClN5/c1-6(4-8)12(2)5-7-9-11-13(3)10-7/h6H,4-5H2,1-3H3. The normalized spacial score (nSPS) is 13.6. The van der Waals surface area contributed by atoms with E-state index in [-0.39, 0.29) is 0 Å². The zero-order valence-corrected chi connectivity index (χ0v) is 8.86. The molecule has 6 heteroatoms. The summed E-state index contributed by atoms with van der Waals surface area (Å²) in [5, 5.41) is 11.7. The van der Waals surface area contributed by atoms with Gasteiger partial charge in [-0.3, -0.25) is 4.90 Å². The second-order valence-electron chi connectivity index (χ2n) is 3.11. The lowest BCUT2D eigenvalue weighted by molar-refractivity contribution is 0.261. The lowest BCUT2D eigenvalue weighted by atomic mass is 10.3. The first-order chi connectivity index (χ1) is 6.13. The highest BCUT2D eigenvalue weighted by atomic mass is 35.5. The van der Waals surface area contributed by atoms with E-state index in [9.17, 15) is 0 Å². The molecule has 1 heterocycles. The maximum absolute atomic E-state index is 5.71. The molecule has 1 aromatic heterocycles. The van der Waals surface area contributed by atoms with Gasteiger partial charge in [-0.25, -0.2) is 0 Å². The molecule has 0 aliphatic heterocycles. The number of hydrogen-bond acceptors (Lipinski definition) is 4. The predicted molar refractivity (Wildman–Crippen MR) is 50.4 cm³/mol. The summed E-state index contributed by atoms with van der Waals surface area (Å²) in [7, 11) is 3.74. The van der Waals surface area contributed by atoms with E-state index >= 15 is 0 Å². The summed E-state index contributed by atoms with van der Waals surface area (Å²) in [6, 6.07) is 0.325. The van der Waals surface area contributed by atoms with Crippen LogP contribution in [0.25, 0.3) is 0 Å². The summed E-state index contributed by atoms with van der Waals surface area (Å²) in [4.78, 5) is 3.54. The van der Waals surface area contributed by atoms with Crippen molar-refractivity contribution in [3.05, 3.63) is 5.82 Å². The monoisotopic (exact) mass is 203 g/mol. The molecule has 0 aliphatic carbocycles. The first kappa shape index (κ1) is 10.4. The van der Waals surface area contributed by atoms with E-state index in [1.54, 1.807) is 7.05 Å². The molecule has 0 saturated carbocycles. The third-order valence-corrected chi connectivity index (χ3v) is 2.36. The van der Waals surface area contributed by atoms with E-state index in [2.05, 4.69) is 27.2 Å². The molecule has 5 nitrogen and oxygen atoms in total. The molecule has 0 aromatic carbocycles. The van der Waals surface area contributed by atoms with E-state index in [0.717, 1.165) is 5.82 Å². The molecule has 0 bridgehead atoms. The maximum atomic E-state index is 5.71. The fourth-order valence-corrected chi connectivity index (χ4v) is 1.12.